The molecular formula is C14H20N2O3. The SMILES string of the molecule is CC(CC(=O)c1ccccn1)NC(=O)OC(C)(C)C. The van der Waals surface area contributed by atoms with Crippen LogP contribution < -0.4 is 5.32 Å². The van der Waals surface area contributed by atoms with Crippen molar-refractivity contribution in [3.05, 3.63) is 30.1 Å². The minimum atomic E-state index is -0.547. The third-order valence-electron chi connectivity index (χ3n) is 2.21. The minimum Gasteiger partial charge on any atom is -0.444 e. The minimum absolute atomic E-state index is 0.107. The standard InChI is InChI=1S/C14H20N2O3/c1-10(16-13(18)19-14(2,3)4)9-12(17)11-7-5-6-8-15-11/h5-8,10H,9H2,1-4H3,(H,16,18). The second-order valence-corrected chi connectivity index (χ2v) is 5.39. The van der Waals surface area contributed by atoms with Gasteiger partial charge in [0.05, 0.1) is 0 Å². The van der Waals surface area contributed by atoms with Crippen molar-refractivity contribution in [2.75, 3.05) is 0 Å². The number of carbonyl (C=O) groups is 2. The van der Waals surface area contributed by atoms with E-state index in [4.69, 9.17) is 4.74 Å². The summed E-state index contributed by atoms with van der Waals surface area (Å²) in [4.78, 5) is 27.4. The van der Waals surface area contributed by atoms with E-state index in [2.05, 4.69) is 10.3 Å². The quantitative estimate of drug-likeness (QED) is 0.849. The molecule has 0 saturated carbocycles. The molecule has 0 bridgehead atoms. The summed E-state index contributed by atoms with van der Waals surface area (Å²) in [5.41, 5.74) is -0.144. The Morgan fingerprint density at radius 2 is 2.05 bits per heavy atom. The van der Waals surface area contributed by atoms with Crippen LogP contribution in [-0.2, 0) is 4.74 Å². The summed E-state index contributed by atoms with van der Waals surface area (Å²) in [6.45, 7) is 7.12. The molecular weight excluding hydrogens is 244 g/mol. The van der Waals surface area contributed by atoms with E-state index in [1.54, 1.807) is 52.1 Å². The van der Waals surface area contributed by atoms with Crippen LogP contribution in [0, 0.1) is 0 Å². The molecule has 0 fully saturated rings. The molecule has 19 heavy (non-hydrogen) atoms. The fraction of sp³-hybridized carbons (Fsp3) is 0.500. The van der Waals surface area contributed by atoms with Gasteiger partial charge in [-0.2, -0.15) is 0 Å². The summed E-state index contributed by atoms with van der Waals surface area (Å²) >= 11 is 0. The molecule has 0 spiro atoms. The molecule has 1 rings (SSSR count). The Bertz CT molecular complexity index is 438. The number of hydrogen-bond acceptors (Lipinski definition) is 4. The first-order valence-corrected chi connectivity index (χ1v) is 6.21. The number of hydrogen-bond donors (Lipinski definition) is 1. The van der Waals surface area contributed by atoms with Gasteiger partial charge >= 0.3 is 6.09 Å². The molecule has 1 N–H and O–H groups in total. The van der Waals surface area contributed by atoms with Crippen molar-refractivity contribution in [3.8, 4) is 0 Å². The Morgan fingerprint density at radius 1 is 1.37 bits per heavy atom. The zero-order chi connectivity index (χ0) is 14.5. The van der Waals surface area contributed by atoms with Gasteiger partial charge in [-0.3, -0.25) is 9.78 Å². The predicted molar refractivity (Wildman–Crippen MR) is 72.0 cm³/mol. The van der Waals surface area contributed by atoms with Gasteiger partial charge in [0.15, 0.2) is 5.78 Å². The van der Waals surface area contributed by atoms with Crippen LogP contribution >= 0.6 is 0 Å². The van der Waals surface area contributed by atoms with E-state index in [0.29, 0.717) is 5.69 Å². The maximum Gasteiger partial charge on any atom is 0.407 e. The van der Waals surface area contributed by atoms with Crippen molar-refractivity contribution in [1.29, 1.82) is 0 Å². The van der Waals surface area contributed by atoms with E-state index in [1.165, 1.54) is 0 Å². The number of nitrogens with one attached hydrogen (secondary N) is 1. The van der Waals surface area contributed by atoms with Gasteiger partial charge in [-0.15, -0.1) is 0 Å². The van der Waals surface area contributed by atoms with Crippen LogP contribution in [0.15, 0.2) is 24.4 Å². The highest BCUT2D eigenvalue weighted by Crippen LogP contribution is 2.08. The Kier molecular flexibility index (Phi) is 5.03. The molecule has 0 aliphatic rings. The fourth-order valence-corrected chi connectivity index (χ4v) is 1.47. The Hall–Kier alpha value is -1.91. The molecule has 1 unspecified atom stereocenters. The number of aromatic nitrogens is 1. The van der Waals surface area contributed by atoms with Crippen molar-refractivity contribution < 1.29 is 14.3 Å². The van der Waals surface area contributed by atoms with Gasteiger partial charge in [-0.05, 0) is 39.8 Å². The summed E-state index contributed by atoms with van der Waals surface area (Å²) in [5, 5.41) is 2.63. The van der Waals surface area contributed by atoms with Crippen molar-refractivity contribution in [2.45, 2.75) is 45.8 Å². The molecule has 1 aromatic heterocycles. The van der Waals surface area contributed by atoms with E-state index in [9.17, 15) is 9.59 Å². The topological polar surface area (TPSA) is 68.3 Å². The van der Waals surface area contributed by atoms with Crippen molar-refractivity contribution >= 4 is 11.9 Å². The highest BCUT2D eigenvalue weighted by atomic mass is 16.6. The molecule has 104 valence electrons. The molecule has 0 radical (unpaired) electrons. The molecule has 0 aliphatic carbocycles. The van der Waals surface area contributed by atoms with E-state index in [1.807, 2.05) is 0 Å². The zero-order valence-electron chi connectivity index (χ0n) is 11.8. The van der Waals surface area contributed by atoms with E-state index in [0.717, 1.165) is 0 Å². The average Bonchev–Trinajstić information content (AvgIpc) is 2.27. The molecule has 1 atom stereocenters. The molecule has 5 heteroatoms. The summed E-state index contributed by atoms with van der Waals surface area (Å²) < 4.78 is 5.12. The van der Waals surface area contributed by atoms with Crippen LogP contribution in [0.3, 0.4) is 0 Å². The van der Waals surface area contributed by atoms with Crippen LogP contribution in [0.1, 0.15) is 44.6 Å². The number of amides is 1. The van der Waals surface area contributed by atoms with E-state index >= 15 is 0 Å². The Balaban J connectivity index is 2.45. The average molecular weight is 264 g/mol. The lowest BCUT2D eigenvalue weighted by molar-refractivity contribution is 0.0506. The van der Waals surface area contributed by atoms with Crippen molar-refractivity contribution in [3.63, 3.8) is 0 Å². The first-order chi connectivity index (χ1) is 8.78. The number of ketones is 1. The Morgan fingerprint density at radius 3 is 2.58 bits per heavy atom. The first kappa shape index (κ1) is 15.1. The largest absolute Gasteiger partial charge is 0.444 e. The molecule has 5 nitrogen and oxygen atoms in total. The molecule has 1 amide bonds. The van der Waals surface area contributed by atoms with Gasteiger partial charge in [-0.1, -0.05) is 6.07 Å². The summed E-state index contributed by atoms with van der Waals surface area (Å²) in [6.07, 6.45) is 1.24. The van der Waals surface area contributed by atoms with Crippen LogP contribution in [0.25, 0.3) is 0 Å². The second-order valence-electron chi connectivity index (χ2n) is 5.39. The van der Waals surface area contributed by atoms with Crippen molar-refractivity contribution in [1.82, 2.24) is 10.3 Å². The van der Waals surface area contributed by atoms with Gasteiger partial charge in [0, 0.05) is 18.7 Å². The third kappa shape index (κ3) is 5.99. The maximum atomic E-state index is 11.9. The highest BCUT2D eigenvalue weighted by Gasteiger charge is 2.19. The number of pyridine rings is 1. The fourth-order valence-electron chi connectivity index (χ4n) is 1.47. The number of nitrogens with zero attached hydrogens (tertiary/aromatic N) is 1. The van der Waals surface area contributed by atoms with Crippen molar-refractivity contribution in [2.24, 2.45) is 0 Å². The normalized spacial score (nSPS) is 12.6. The van der Waals surface area contributed by atoms with Crippen LogP contribution in [0.2, 0.25) is 0 Å². The highest BCUT2D eigenvalue weighted by molar-refractivity contribution is 5.94. The Labute approximate surface area is 113 Å². The lowest BCUT2D eigenvalue weighted by atomic mass is 10.1. The number of carbonyl (C=O) groups excluding carboxylic acids is 2. The van der Waals surface area contributed by atoms with Gasteiger partial charge < -0.3 is 10.1 Å². The monoisotopic (exact) mass is 264 g/mol. The predicted octanol–water partition coefficient (Wildman–Crippen LogP) is 2.57. The molecule has 1 aromatic rings. The van der Waals surface area contributed by atoms with Crippen LogP contribution in [0.4, 0.5) is 4.79 Å². The molecule has 0 aliphatic heterocycles. The maximum absolute atomic E-state index is 11.9. The number of Topliss-reactive ketones (excluding diaryl/α,β-unsaturated/α-hetero) is 1. The van der Waals surface area contributed by atoms with Crippen LogP contribution in [0.5, 0.6) is 0 Å². The number of alkyl carbamates (subject to hydrolysis) is 1. The zero-order valence-corrected chi connectivity index (χ0v) is 11.8. The lowest BCUT2D eigenvalue weighted by Gasteiger charge is -2.21. The number of ether oxygens (including phenoxy) is 1. The van der Waals surface area contributed by atoms with Gasteiger partial charge in [0.25, 0.3) is 0 Å². The summed E-state index contributed by atoms with van der Waals surface area (Å²) in [7, 11) is 0. The van der Waals surface area contributed by atoms with E-state index < -0.39 is 11.7 Å². The van der Waals surface area contributed by atoms with Gasteiger partial charge in [-0.25, -0.2) is 4.79 Å². The summed E-state index contributed by atoms with van der Waals surface area (Å²) in [6, 6.07) is 4.86. The number of rotatable bonds is 4. The van der Waals surface area contributed by atoms with Crippen LogP contribution in [-0.4, -0.2) is 28.5 Å². The molecule has 0 saturated heterocycles. The smallest absolute Gasteiger partial charge is 0.407 e. The van der Waals surface area contributed by atoms with E-state index in [-0.39, 0.29) is 18.2 Å². The first-order valence-electron chi connectivity index (χ1n) is 6.21. The second kappa shape index (κ2) is 6.31. The lowest BCUT2D eigenvalue weighted by Crippen LogP contribution is -2.38. The molecule has 1 heterocycles. The van der Waals surface area contributed by atoms with Gasteiger partial charge in [0.2, 0.25) is 0 Å². The van der Waals surface area contributed by atoms with Gasteiger partial charge in [0.1, 0.15) is 11.3 Å². The third-order valence-corrected chi connectivity index (χ3v) is 2.21. The summed E-state index contributed by atoms with van der Waals surface area (Å²) in [5.74, 6) is -0.107. The molecule has 0 aromatic carbocycles.